The second kappa shape index (κ2) is 11.1. The van der Waals surface area contributed by atoms with Gasteiger partial charge in [0.1, 0.15) is 17.1 Å². The maximum atomic E-state index is 15.1. The number of nitrogens with zero attached hydrogens (tertiary/aromatic N) is 2. The van der Waals surface area contributed by atoms with Crippen LogP contribution in [0.4, 0.5) is 14.5 Å². The number of pyridine rings is 1. The van der Waals surface area contributed by atoms with Crippen molar-refractivity contribution in [1.82, 2.24) is 4.98 Å². The quantitative estimate of drug-likeness (QED) is 0.283. The van der Waals surface area contributed by atoms with Gasteiger partial charge in [-0.2, -0.15) is 13.8 Å². The highest BCUT2D eigenvalue weighted by atomic mass is 19.1. The Bertz CT molecular complexity index is 1490. The summed E-state index contributed by atoms with van der Waals surface area (Å²) in [5.74, 6) is -5.85. The van der Waals surface area contributed by atoms with E-state index in [1.165, 1.54) is 12.1 Å². The molecule has 0 bridgehead atoms. The van der Waals surface area contributed by atoms with E-state index in [0.29, 0.717) is 12.2 Å². The third-order valence-corrected chi connectivity index (χ3v) is 5.64. The van der Waals surface area contributed by atoms with Crippen molar-refractivity contribution in [3.05, 3.63) is 89.5 Å². The number of carboxylic acid groups (broad SMARTS) is 1. The standard InChI is InChI=1S/C28H25F2N3O5/c1-33(2)19-10-11-21(28(34)35)22(14-19)38-27-24(30)25(36-3)23(29)26(32-27)37-20-9-5-8-18(13-20)17-7-4-6-16(12-17)15-31/h4-14H,15,31H2,1-3H3,(H,34,35). The molecule has 0 unspecified atom stereocenters. The molecule has 0 spiro atoms. The molecule has 196 valence electrons. The minimum atomic E-state index is -1.30. The number of aromatic carboxylic acids is 1. The summed E-state index contributed by atoms with van der Waals surface area (Å²) in [5, 5.41) is 9.57. The molecular weight excluding hydrogens is 496 g/mol. The summed E-state index contributed by atoms with van der Waals surface area (Å²) in [6.07, 6.45) is 0. The maximum Gasteiger partial charge on any atom is 0.339 e. The van der Waals surface area contributed by atoms with Gasteiger partial charge in [-0.05, 0) is 47.0 Å². The average Bonchev–Trinajstić information content (AvgIpc) is 2.91. The number of hydrogen-bond acceptors (Lipinski definition) is 7. The van der Waals surface area contributed by atoms with Crippen LogP contribution in [0.15, 0.2) is 66.7 Å². The van der Waals surface area contributed by atoms with Gasteiger partial charge in [0.25, 0.3) is 11.8 Å². The van der Waals surface area contributed by atoms with E-state index in [2.05, 4.69) is 4.98 Å². The van der Waals surface area contributed by atoms with Crippen LogP contribution >= 0.6 is 0 Å². The fourth-order valence-corrected chi connectivity index (χ4v) is 3.68. The Morgan fingerprint density at radius 2 is 1.61 bits per heavy atom. The summed E-state index contributed by atoms with van der Waals surface area (Å²) >= 11 is 0. The molecule has 4 rings (SSSR count). The number of carbonyl (C=O) groups is 1. The molecule has 0 fully saturated rings. The molecular formula is C28H25F2N3O5. The third kappa shape index (κ3) is 5.50. The van der Waals surface area contributed by atoms with Gasteiger partial charge < -0.3 is 30.0 Å². The van der Waals surface area contributed by atoms with Crippen molar-refractivity contribution in [3.8, 4) is 40.1 Å². The zero-order valence-electron chi connectivity index (χ0n) is 20.9. The third-order valence-electron chi connectivity index (χ3n) is 5.64. The minimum absolute atomic E-state index is 0.198. The lowest BCUT2D eigenvalue weighted by Gasteiger charge is -2.17. The van der Waals surface area contributed by atoms with Crippen molar-refractivity contribution in [2.45, 2.75) is 6.54 Å². The first kappa shape index (κ1) is 26.4. The van der Waals surface area contributed by atoms with Gasteiger partial charge in [-0.15, -0.1) is 0 Å². The summed E-state index contributed by atoms with van der Waals surface area (Å²) in [6, 6.07) is 18.7. The molecule has 3 N–H and O–H groups in total. The average molecular weight is 522 g/mol. The Balaban J connectivity index is 1.74. The van der Waals surface area contributed by atoms with Gasteiger partial charge in [0, 0.05) is 32.4 Å². The van der Waals surface area contributed by atoms with Gasteiger partial charge in [0.15, 0.2) is 0 Å². The Morgan fingerprint density at radius 3 is 2.24 bits per heavy atom. The molecule has 0 saturated carbocycles. The van der Waals surface area contributed by atoms with Crippen LogP contribution in [0.25, 0.3) is 11.1 Å². The molecule has 10 heteroatoms. The second-order valence-corrected chi connectivity index (χ2v) is 8.40. The first-order valence-electron chi connectivity index (χ1n) is 11.4. The normalized spacial score (nSPS) is 10.7. The molecule has 0 amide bonds. The van der Waals surface area contributed by atoms with Crippen LogP contribution in [0.5, 0.6) is 29.0 Å². The topological polar surface area (TPSA) is 107 Å². The molecule has 8 nitrogen and oxygen atoms in total. The molecule has 0 saturated heterocycles. The molecule has 0 aliphatic carbocycles. The highest BCUT2D eigenvalue weighted by Gasteiger charge is 2.26. The largest absolute Gasteiger partial charge is 0.491 e. The van der Waals surface area contributed by atoms with Crippen LogP contribution in [0.3, 0.4) is 0 Å². The molecule has 38 heavy (non-hydrogen) atoms. The highest BCUT2D eigenvalue weighted by Crippen LogP contribution is 2.39. The first-order chi connectivity index (χ1) is 18.2. The first-order valence-corrected chi connectivity index (χ1v) is 11.4. The van der Waals surface area contributed by atoms with Crippen molar-refractivity contribution < 1.29 is 32.9 Å². The summed E-state index contributed by atoms with van der Waals surface area (Å²) in [7, 11) is 4.56. The molecule has 0 aliphatic rings. The summed E-state index contributed by atoms with van der Waals surface area (Å²) < 4.78 is 46.4. The number of aromatic nitrogens is 1. The Morgan fingerprint density at radius 1 is 0.947 bits per heavy atom. The van der Waals surface area contributed by atoms with Crippen molar-refractivity contribution in [1.29, 1.82) is 0 Å². The van der Waals surface area contributed by atoms with Gasteiger partial charge in [-0.25, -0.2) is 4.79 Å². The van der Waals surface area contributed by atoms with E-state index < -0.39 is 35.1 Å². The van der Waals surface area contributed by atoms with E-state index in [9.17, 15) is 9.90 Å². The Labute approximate surface area is 217 Å². The van der Waals surface area contributed by atoms with E-state index in [4.69, 9.17) is 19.9 Å². The summed E-state index contributed by atoms with van der Waals surface area (Å²) in [6.45, 7) is 0.373. The van der Waals surface area contributed by atoms with E-state index in [-0.39, 0.29) is 17.1 Å². The fraction of sp³-hybridized carbons (Fsp3) is 0.143. The number of hydrogen-bond donors (Lipinski definition) is 2. The summed E-state index contributed by atoms with van der Waals surface area (Å²) in [4.78, 5) is 17.3. The molecule has 4 aromatic rings. The smallest absolute Gasteiger partial charge is 0.339 e. The van der Waals surface area contributed by atoms with Gasteiger partial charge in [0.2, 0.25) is 17.4 Å². The molecule has 3 aromatic carbocycles. The lowest BCUT2D eigenvalue weighted by atomic mass is 10.0. The van der Waals surface area contributed by atoms with Gasteiger partial charge >= 0.3 is 5.97 Å². The van der Waals surface area contributed by atoms with E-state index in [0.717, 1.165) is 23.8 Å². The van der Waals surface area contributed by atoms with Crippen LogP contribution in [0.1, 0.15) is 15.9 Å². The number of nitrogens with two attached hydrogens (primary N) is 1. The van der Waals surface area contributed by atoms with Crippen LogP contribution in [0.2, 0.25) is 0 Å². The van der Waals surface area contributed by atoms with Crippen LogP contribution in [-0.2, 0) is 6.54 Å². The highest BCUT2D eigenvalue weighted by molar-refractivity contribution is 5.91. The molecule has 0 radical (unpaired) electrons. The number of methoxy groups -OCH3 is 1. The number of carboxylic acids is 1. The maximum absolute atomic E-state index is 15.1. The number of benzene rings is 3. The van der Waals surface area contributed by atoms with Crippen molar-refractivity contribution in [2.24, 2.45) is 5.73 Å². The molecule has 1 aromatic heterocycles. The molecule has 0 atom stereocenters. The number of ether oxygens (including phenoxy) is 3. The van der Waals surface area contributed by atoms with E-state index in [1.54, 1.807) is 43.3 Å². The van der Waals surface area contributed by atoms with Gasteiger partial charge in [-0.3, -0.25) is 0 Å². The number of rotatable bonds is 9. The lowest BCUT2D eigenvalue weighted by molar-refractivity contribution is 0.0694. The SMILES string of the molecule is COc1c(F)c(Oc2cccc(-c3cccc(CN)c3)c2)nc(Oc2cc(N(C)C)ccc2C(=O)O)c1F. The van der Waals surface area contributed by atoms with Gasteiger partial charge in [0.05, 0.1) is 7.11 Å². The van der Waals surface area contributed by atoms with E-state index >= 15 is 8.78 Å². The number of anilines is 1. The predicted molar refractivity (Wildman–Crippen MR) is 138 cm³/mol. The minimum Gasteiger partial charge on any atom is -0.491 e. The number of halogens is 2. The van der Waals surface area contributed by atoms with Crippen LogP contribution < -0.4 is 24.8 Å². The zero-order chi connectivity index (χ0) is 27.4. The van der Waals surface area contributed by atoms with Gasteiger partial charge in [-0.1, -0.05) is 30.3 Å². The van der Waals surface area contributed by atoms with Crippen molar-refractivity contribution >= 4 is 11.7 Å². The van der Waals surface area contributed by atoms with E-state index in [1.807, 2.05) is 30.3 Å². The zero-order valence-corrected chi connectivity index (χ0v) is 20.9. The predicted octanol–water partition coefficient (Wildman–Crippen LogP) is 5.84. The lowest BCUT2D eigenvalue weighted by Crippen LogP contribution is -2.10. The molecule has 1 heterocycles. The fourth-order valence-electron chi connectivity index (χ4n) is 3.68. The van der Waals surface area contributed by atoms with Crippen molar-refractivity contribution in [3.63, 3.8) is 0 Å². The van der Waals surface area contributed by atoms with Crippen LogP contribution in [-0.4, -0.2) is 37.3 Å². The molecule has 0 aliphatic heterocycles. The Hall–Kier alpha value is -4.70. The monoisotopic (exact) mass is 521 g/mol. The Kier molecular flexibility index (Phi) is 7.73. The van der Waals surface area contributed by atoms with Crippen molar-refractivity contribution in [2.75, 3.05) is 26.1 Å². The van der Waals surface area contributed by atoms with Crippen LogP contribution in [0, 0.1) is 11.6 Å². The summed E-state index contributed by atoms with van der Waals surface area (Å²) in [5.41, 5.74) is 8.67. The second-order valence-electron chi connectivity index (χ2n) is 8.40.